The number of furan rings is 1. The minimum Gasteiger partial charge on any atom is -0.466 e. The van der Waals surface area contributed by atoms with Gasteiger partial charge in [-0.15, -0.1) is 11.6 Å². The summed E-state index contributed by atoms with van der Waals surface area (Å²) in [6.45, 7) is 4.16. The van der Waals surface area contributed by atoms with Crippen molar-refractivity contribution in [2.24, 2.45) is 5.92 Å². The first-order valence-corrected chi connectivity index (χ1v) is 6.01. The van der Waals surface area contributed by atoms with Crippen LogP contribution in [0.5, 0.6) is 0 Å². The summed E-state index contributed by atoms with van der Waals surface area (Å²) in [5.41, 5.74) is 0.608. The van der Waals surface area contributed by atoms with Crippen LogP contribution in [0.2, 0.25) is 0 Å². The zero-order valence-electron chi connectivity index (χ0n) is 9.55. The van der Waals surface area contributed by atoms with Gasteiger partial charge in [0.1, 0.15) is 11.5 Å². The normalized spacial score (nSPS) is 17.2. The topological polar surface area (TPSA) is 42.2 Å². The van der Waals surface area contributed by atoms with E-state index in [9.17, 15) is 4.79 Å². The third-order valence-electron chi connectivity index (χ3n) is 2.88. The van der Waals surface area contributed by atoms with Gasteiger partial charge >= 0.3 is 0 Å². The van der Waals surface area contributed by atoms with Gasteiger partial charge in [0, 0.05) is 6.54 Å². The molecule has 1 aromatic heterocycles. The molecule has 2 rings (SSSR count). The highest BCUT2D eigenvalue weighted by Crippen LogP contribution is 2.35. The number of rotatable bonds is 4. The van der Waals surface area contributed by atoms with E-state index in [0.29, 0.717) is 23.8 Å². The molecular weight excluding hydrogens is 226 g/mol. The van der Waals surface area contributed by atoms with E-state index >= 15 is 0 Å². The molecule has 1 atom stereocenters. The molecular formula is C12H16ClNO2. The van der Waals surface area contributed by atoms with E-state index in [1.165, 1.54) is 12.8 Å². The van der Waals surface area contributed by atoms with Crippen LogP contribution in [0.15, 0.2) is 10.5 Å². The summed E-state index contributed by atoms with van der Waals surface area (Å²) < 4.78 is 5.31. The van der Waals surface area contributed by atoms with Gasteiger partial charge in [-0.25, -0.2) is 0 Å². The van der Waals surface area contributed by atoms with E-state index in [1.54, 1.807) is 13.0 Å². The predicted octanol–water partition coefficient (Wildman–Crippen LogP) is 2.64. The van der Waals surface area contributed by atoms with E-state index in [1.807, 2.05) is 6.92 Å². The number of nitrogens with one attached hydrogen (secondary N) is 1. The second kappa shape index (κ2) is 4.50. The lowest BCUT2D eigenvalue weighted by atomic mass is 10.2. The minimum absolute atomic E-state index is 0.0669. The van der Waals surface area contributed by atoms with Crippen LogP contribution in [0.1, 0.15) is 34.7 Å². The van der Waals surface area contributed by atoms with Crippen LogP contribution >= 0.6 is 11.6 Å². The standard InChI is InChI=1S/C12H16ClNO2/c1-7-5-10(8(2)16-7)12(15)14-6-11(13)9-3-4-9/h5,9,11H,3-4,6H2,1-2H3,(H,14,15). The maximum Gasteiger partial charge on any atom is 0.254 e. The molecule has 1 unspecified atom stereocenters. The molecule has 1 fully saturated rings. The van der Waals surface area contributed by atoms with Crippen molar-refractivity contribution in [1.82, 2.24) is 5.32 Å². The Kier molecular flexibility index (Phi) is 3.24. The summed E-state index contributed by atoms with van der Waals surface area (Å²) in [4.78, 5) is 11.8. The van der Waals surface area contributed by atoms with Gasteiger partial charge in [-0.05, 0) is 38.7 Å². The molecule has 16 heavy (non-hydrogen) atoms. The van der Waals surface area contributed by atoms with Gasteiger partial charge in [0.15, 0.2) is 0 Å². The molecule has 1 saturated carbocycles. The Labute approximate surface area is 100 Å². The van der Waals surface area contributed by atoms with Gasteiger partial charge in [-0.2, -0.15) is 0 Å². The second-order valence-corrected chi connectivity index (χ2v) is 4.95. The molecule has 1 aromatic rings. The first kappa shape index (κ1) is 11.5. The van der Waals surface area contributed by atoms with Crippen molar-refractivity contribution < 1.29 is 9.21 Å². The van der Waals surface area contributed by atoms with Crippen molar-refractivity contribution in [2.45, 2.75) is 32.1 Å². The third-order valence-corrected chi connectivity index (χ3v) is 3.39. The zero-order valence-corrected chi connectivity index (χ0v) is 10.3. The fourth-order valence-electron chi connectivity index (χ4n) is 1.77. The molecule has 1 amide bonds. The van der Waals surface area contributed by atoms with Gasteiger partial charge in [-0.3, -0.25) is 4.79 Å². The maximum absolute atomic E-state index is 11.8. The Balaban J connectivity index is 1.89. The van der Waals surface area contributed by atoms with Crippen LogP contribution in [-0.2, 0) is 0 Å². The summed E-state index contributed by atoms with van der Waals surface area (Å²) in [7, 11) is 0. The van der Waals surface area contributed by atoms with E-state index in [-0.39, 0.29) is 11.3 Å². The third kappa shape index (κ3) is 2.59. The van der Waals surface area contributed by atoms with Crippen LogP contribution in [0.3, 0.4) is 0 Å². The largest absolute Gasteiger partial charge is 0.466 e. The summed E-state index contributed by atoms with van der Waals surface area (Å²) in [6, 6.07) is 1.75. The number of aryl methyl sites for hydroxylation is 2. The summed E-state index contributed by atoms with van der Waals surface area (Å²) >= 11 is 6.12. The molecule has 4 heteroatoms. The summed E-state index contributed by atoms with van der Waals surface area (Å²) in [5, 5.41) is 2.91. The van der Waals surface area contributed by atoms with Crippen LogP contribution in [0, 0.1) is 19.8 Å². The SMILES string of the molecule is Cc1cc(C(=O)NCC(Cl)C2CC2)c(C)o1. The molecule has 0 aromatic carbocycles. The molecule has 0 aliphatic heterocycles. The average Bonchev–Trinajstić information content (AvgIpc) is 3.01. The highest BCUT2D eigenvalue weighted by atomic mass is 35.5. The first-order valence-electron chi connectivity index (χ1n) is 5.57. The lowest BCUT2D eigenvalue weighted by Crippen LogP contribution is -2.30. The quantitative estimate of drug-likeness (QED) is 0.824. The number of carbonyl (C=O) groups is 1. The Bertz CT molecular complexity index is 396. The number of hydrogen-bond donors (Lipinski definition) is 1. The molecule has 0 saturated heterocycles. The molecule has 1 N–H and O–H groups in total. The molecule has 0 radical (unpaired) electrons. The molecule has 1 aliphatic carbocycles. The highest BCUT2D eigenvalue weighted by molar-refractivity contribution is 6.21. The fraction of sp³-hybridized carbons (Fsp3) is 0.583. The van der Waals surface area contributed by atoms with E-state index < -0.39 is 0 Å². The van der Waals surface area contributed by atoms with Crippen LogP contribution < -0.4 is 5.32 Å². The Hall–Kier alpha value is -0.960. The number of amides is 1. The molecule has 1 heterocycles. The van der Waals surface area contributed by atoms with Crippen LogP contribution in [-0.4, -0.2) is 17.8 Å². The smallest absolute Gasteiger partial charge is 0.254 e. The monoisotopic (exact) mass is 241 g/mol. The first-order chi connectivity index (χ1) is 7.58. The number of hydrogen-bond acceptors (Lipinski definition) is 2. The summed E-state index contributed by atoms with van der Waals surface area (Å²) in [6.07, 6.45) is 2.38. The van der Waals surface area contributed by atoms with Gasteiger partial charge in [0.2, 0.25) is 0 Å². The van der Waals surface area contributed by atoms with Crippen molar-refractivity contribution in [3.05, 3.63) is 23.2 Å². The van der Waals surface area contributed by atoms with E-state index in [0.717, 1.165) is 5.76 Å². The molecule has 0 bridgehead atoms. The average molecular weight is 242 g/mol. The van der Waals surface area contributed by atoms with Crippen LogP contribution in [0.4, 0.5) is 0 Å². The number of carbonyl (C=O) groups excluding carboxylic acids is 1. The van der Waals surface area contributed by atoms with Crippen LogP contribution in [0.25, 0.3) is 0 Å². The van der Waals surface area contributed by atoms with Crippen molar-refractivity contribution in [1.29, 1.82) is 0 Å². The Morgan fingerprint density at radius 3 is 2.81 bits per heavy atom. The van der Waals surface area contributed by atoms with Crippen molar-refractivity contribution >= 4 is 17.5 Å². The molecule has 1 aliphatic rings. The van der Waals surface area contributed by atoms with Gasteiger partial charge in [-0.1, -0.05) is 0 Å². The molecule has 3 nitrogen and oxygen atoms in total. The highest BCUT2D eigenvalue weighted by Gasteiger charge is 2.29. The van der Waals surface area contributed by atoms with Crippen molar-refractivity contribution in [2.75, 3.05) is 6.54 Å². The predicted molar refractivity (Wildman–Crippen MR) is 62.9 cm³/mol. The number of alkyl halides is 1. The Morgan fingerprint density at radius 1 is 1.62 bits per heavy atom. The van der Waals surface area contributed by atoms with Gasteiger partial charge in [0.05, 0.1) is 10.9 Å². The van der Waals surface area contributed by atoms with Gasteiger partial charge in [0.25, 0.3) is 5.91 Å². The van der Waals surface area contributed by atoms with Crippen molar-refractivity contribution in [3.63, 3.8) is 0 Å². The summed E-state index contributed by atoms with van der Waals surface area (Å²) in [5.74, 6) is 1.91. The lowest BCUT2D eigenvalue weighted by Gasteiger charge is -2.08. The second-order valence-electron chi connectivity index (χ2n) is 4.39. The Morgan fingerprint density at radius 2 is 2.31 bits per heavy atom. The maximum atomic E-state index is 11.8. The van der Waals surface area contributed by atoms with E-state index in [4.69, 9.17) is 16.0 Å². The van der Waals surface area contributed by atoms with E-state index in [2.05, 4.69) is 5.32 Å². The van der Waals surface area contributed by atoms with Crippen molar-refractivity contribution in [3.8, 4) is 0 Å². The van der Waals surface area contributed by atoms with Gasteiger partial charge < -0.3 is 9.73 Å². The lowest BCUT2D eigenvalue weighted by molar-refractivity contribution is 0.0951. The number of halogens is 1. The minimum atomic E-state index is -0.0966. The zero-order chi connectivity index (χ0) is 11.7. The molecule has 88 valence electrons. The fourth-order valence-corrected chi connectivity index (χ4v) is 2.10. The molecule has 0 spiro atoms.